The zero-order valence-electron chi connectivity index (χ0n) is 17.9. The van der Waals surface area contributed by atoms with Crippen LogP contribution in [0.15, 0.2) is 0 Å². The molecule has 3 atom stereocenters. The summed E-state index contributed by atoms with van der Waals surface area (Å²) < 4.78 is 109. The molecule has 6 nitrogen and oxygen atoms in total. The maximum Gasteiger partial charge on any atom is 0.480 e. The van der Waals surface area contributed by atoms with Crippen LogP contribution in [-0.4, -0.2) is 47.0 Å². The zero-order chi connectivity index (χ0) is 24.5. The third-order valence-corrected chi connectivity index (χ3v) is 8.03. The van der Waals surface area contributed by atoms with Crippen molar-refractivity contribution < 1.29 is 48.1 Å². The molecular formula is C17H32F6N2O4S2. The first-order chi connectivity index (χ1) is 14.0. The number of sulfonamides is 2. The first-order valence-corrected chi connectivity index (χ1v) is 13.1. The van der Waals surface area contributed by atoms with Gasteiger partial charge in [0, 0.05) is 5.92 Å². The van der Waals surface area contributed by atoms with Gasteiger partial charge in [-0.3, -0.25) is 0 Å². The number of nitrogens with zero attached hydrogens (tertiary/aromatic N) is 1. The molecule has 0 saturated carbocycles. The maximum absolute atomic E-state index is 11.4. The Morgan fingerprint density at radius 2 is 1.29 bits per heavy atom. The van der Waals surface area contributed by atoms with Crippen LogP contribution in [0.4, 0.5) is 26.3 Å². The molecule has 1 rings (SSSR count). The maximum atomic E-state index is 11.4. The molecule has 1 aliphatic heterocycles. The summed E-state index contributed by atoms with van der Waals surface area (Å²) >= 11 is 0. The minimum atomic E-state index is -6.72. The van der Waals surface area contributed by atoms with Crippen LogP contribution in [0.25, 0.3) is 4.13 Å². The average Bonchev–Trinajstić information content (AvgIpc) is 2.59. The van der Waals surface area contributed by atoms with Gasteiger partial charge in [0.05, 0.1) is 19.1 Å². The van der Waals surface area contributed by atoms with Crippen molar-refractivity contribution in [2.45, 2.75) is 89.2 Å². The predicted octanol–water partition coefficient (Wildman–Crippen LogP) is 4.11. The fourth-order valence-corrected chi connectivity index (χ4v) is 4.94. The summed E-state index contributed by atoms with van der Waals surface area (Å²) in [6, 6.07) is 0.907. The molecule has 0 aromatic rings. The number of quaternary nitrogens is 1. The second-order valence-electron chi connectivity index (χ2n) is 7.75. The van der Waals surface area contributed by atoms with Gasteiger partial charge in [-0.1, -0.05) is 39.5 Å². The average molecular weight is 507 g/mol. The molecule has 1 heterocycles. The molecule has 188 valence electrons. The second kappa shape index (κ2) is 12.6. The van der Waals surface area contributed by atoms with E-state index in [1.54, 1.807) is 0 Å². The molecule has 0 aromatic heterocycles. The molecule has 0 aliphatic carbocycles. The Labute approximate surface area is 180 Å². The topological polar surface area (TPSA) is 86.8 Å². The summed E-state index contributed by atoms with van der Waals surface area (Å²) in [7, 11) is -13.4. The molecule has 31 heavy (non-hydrogen) atoms. The zero-order valence-corrected chi connectivity index (χ0v) is 19.5. The number of rotatable bonds is 9. The van der Waals surface area contributed by atoms with Gasteiger partial charge in [-0.15, -0.1) is 0 Å². The minimum Gasteiger partial charge on any atom is -0.421 e. The number of alkyl halides is 6. The SMILES string of the molecule is CCCCCCCC[NH+]1CCCC(C)C1C.O=S(=O)([N-]S(=O)(=O)C(F)(F)F)C(F)(F)F. The van der Waals surface area contributed by atoms with E-state index in [0.717, 1.165) is 16.1 Å². The van der Waals surface area contributed by atoms with Gasteiger partial charge in [-0.2, -0.15) is 26.3 Å². The highest BCUT2D eigenvalue weighted by Gasteiger charge is 2.46. The van der Waals surface area contributed by atoms with E-state index in [4.69, 9.17) is 0 Å². The Balaban J connectivity index is 0.000000582. The Hall–Kier alpha value is -0.600. The molecule has 1 fully saturated rings. The minimum absolute atomic E-state index is 0.778. The van der Waals surface area contributed by atoms with E-state index in [9.17, 15) is 43.2 Å². The van der Waals surface area contributed by atoms with E-state index in [2.05, 4.69) is 20.8 Å². The van der Waals surface area contributed by atoms with Gasteiger partial charge in [0.1, 0.15) is 0 Å². The molecule has 1 saturated heterocycles. The molecule has 0 radical (unpaired) electrons. The van der Waals surface area contributed by atoms with Crippen molar-refractivity contribution in [3.63, 3.8) is 0 Å². The lowest BCUT2D eigenvalue weighted by Crippen LogP contribution is -3.17. The Morgan fingerprint density at radius 1 is 0.839 bits per heavy atom. The van der Waals surface area contributed by atoms with Crippen molar-refractivity contribution in [3.05, 3.63) is 4.13 Å². The molecule has 3 unspecified atom stereocenters. The normalized spacial score (nSPS) is 23.2. The predicted molar refractivity (Wildman–Crippen MR) is 105 cm³/mol. The van der Waals surface area contributed by atoms with E-state index in [-0.39, 0.29) is 0 Å². The smallest absolute Gasteiger partial charge is 0.421 e. The van der Waals surface area contributed by atoms with Crippen molar-refractivity contribution in [2.24, 2.45) is 5.92 Å². The lowest BCUT2D eigenvalue weighted by Gasteiger charge is -2.34. The summed E-state index contributed by atoms with van der Waals surface area (Å²) in [5, 5.41) is 0. The number of hydrogen-bond acceptors (Lipinski definition) is 4. The summed E-state index contributed by atoms with van der Waals surface area (Å²) in [5.41, 5.74) is -12.4. The molecule has 0 spiro atoms. The van der Waals surface area contributed by atoms with Crippen molar-refractivity contribution in [1.29, 1.82) is 0 Å². The lowest BCUT2D eigenvalue weighted by molar-refractivity contribution is -0.932. The summed E-state index contributed by atoms with van der Waals surface area (Å²) in [5.74, 6) is 0.948. The van der Waals surface area contributed by atoms with Crippen molar-refractivity contribution in [3.8, 4) is 0 Å². The molecule has 14 heteroatoms. The van der Waals surface area contributed by atoms with Gasteiger partial charge < -0.3 is 9.03 Å². The van der Waals surface area contributed by atoms with E-state index in [1.165, 1.54) is 64.5 Å². The fraction of sp³-hybridized carbons (Fsp3) is 1.00. The van der Waals surface area contributed by atoms with Gasteiger partial charge in [-0.05, 0) is 32.6 Å². The van der Waals surface area contributed by atoms with Crippen molar-refractivity contribution in [1.82, 2.24) is 0 Å². The molecule has 0 amide bonds. The number of hydrogen-bond donors (Lipinski definition) is 1. The molecule has 0 bridgehead atoms. The molecule has 0 aromatic carbocycles. The molecule has 1 N–H and O–H groups in total. The summed E-state index contributed by atoms with van der Waals surface area (Å²) in [6.07, 6.45) is 11.6. The highest BCUT2D eigenvalue weighted by molar-refractivity contribution is 8.13. The lowest BCUT2D eigenvalue weighted by atomic mass is 9.92. The second-order valence-corrected chi connectivity index (χ2v) is 11.2. The van der Waals surface area contributed by atoms with Crippen LogP contribution in [0.3, 0.4) is 0 Å². The number of unbranched alkanes of at least 4 members (excludes halogenated alkanes) is 5. The number of halogens is 6. The van der Waals surface area contributed by atoms with Crippen LogP contribution >= 0.6 is 0 Å². The van der Waals surface area contributed by atoms with Crippen LogP contribution in [0.2, 0.25) is 0 Å². The Kier molecular flexibility index (Phi) is 12.3. The van der Waals surface area contributed by atoms with Crippen molar-refractivity contribution >= 4 is 20.0 Å². The van der Waals surface area contributed by atoms with Crippen LogP contribution < -0.4 is 4.90 Å². The van der Waals surface area contributed by atoms with Gasteiger partial charge in [0.25, 0.3) is 0 Å². The highest BCUT2D eigenvalue weighted by atomic mass is 32.3. The summed E-state index contributed by atoms with van der Waals surface area (Å²) in [6.45, 7) is 10.0. The molecule has 1 aliphatic rings. The number of likely N-dealkylation sites (tertiary alicyclic amines) is 1. The monoisotopic (exact) mass is 506 g/mol. The highest BCUT2D eigenvalue weighted by Crippen LogP contribution is 2.36. The van der Waals surface area contributed by atoms with Gasteiger partial charge >= 0.3 is 11.0 Å². The summed E-state index contributed by atoms with van der Waals surface area (Å²) in [4.78, 5) is 1.88. The quantitative estimate of drug-likeness (QED) is 0.377. The van der Waals surface area contributed by atoms with E-state index < -0.39 is 31.1 Å². The fourth-order valence-electron chi connectivity index (χ4n) is 3.23. The van der Waals surface area contributed by atoms with Gasteiger partial charge in [-0.25, -0.2) is 16.8 Å². The van der Waals surface area contributed by atoms with Crippen LogP contribution in [0, 0.1) is 5.92 Å². The third-order valence-electron chi connectivity index (χ3n) is 5.29. The van der Waals surface area contributed by atoms with E-state index in [0.29, 0.717) is 0 Å². The van der Waals surface area contributed by atoms with Crippen LogP contribution in [0.1, 0.15) is 72.1 Å². The standard InChI is InChI=1S/C15H31N.C2F6NO4S2/c1-4-5-6-7-8-9-12-16-13-10-11-14(2)15(16)3;3-1(4,5)14(10,11)9-15(12,13)2(6,7)8/h14-15H,4-13H2,1-3H3;/q;-1/p+1. The van der Waals surface area contributed by atoms with E-state index >= 15 is 0 Å². The van der Waals surface area contributed by atoms with Crippen LogP contribution in [0.5, 0.6) is 0 Å². The first kappa shape index (κ1) is 30.4. The number of nitrogens with one attached hydrogen (secondary N) is 1. The first-order valence-electron chi connectivity index (χ1n) is 10.2. The Bertz CT molecular complexity index is 682. The third kappa shape index (κ3) is 10.7. The largest absolute Gasteiger partial charge is 0.480 e. The Morgan fingerprint density at radius 3 is 1.74 bits per heavy atom. The van der Waals surface area contributed by atoms with Gasteiger partial charge in [0.15, 0.2) is 20.0 Å². The van der Waals surface area contributed by atoms with E-state index in [1.807, 2.05) is 4.90 Å². The van der Waals surface area contributed by atoms with Gasteiger partial charge in [0.2, 0.25) is 0 Å². The molecular weight excluding hydrogens is 474 g/mol. The number of piperidine rings is 1. The van der Waals surface area contributed by atoms with Crippen molar-refractivity contribution in [2.75, 3.05) is 13.1 Å². The van der Waals surface area contributed by atoms with Crippen LogP contribution in [-0.2, 0) is 20.0 Å².